The lowest BCUT2D eigenvalue weighted by atomic mass is 9.98. The molecule has 0 aliphatic carbocycles. The van der Waals surface area contributed by atoms with Crippen LogP contribution in [0.5, 0.6) is 0 Å². The second kappa shape index (κ2) is 6.12. The SMILES string of the molecule is CCCCC1(c2ccc([N+](=O)[O-])cc2)OCCCO1. The van der Waals surface area contributed by atoms with Crippen LogP contribution >= 0.6 is 0 Å². The van der Waals surface area contributed by atoms with Gasteiger partial charge in [0.1, 0.15) is 0 Å². The summed E-state index contributed by atoms with van der Waals surface area (Å²) in [5, 5.41) is 10.7. The molecule has 0 saturated carbocycles. The number of non-ortho nitro benzene ring substituents is 1. The highest BCUT2D eigenvalue weighted by Gasteiger charge is 2.36. The summed E-state index contributed by atoms with van der Waals surface area (Å²) in [5.74, 6) is -0.719. The standard InChI is InChI=1S/C14H19NO4/c1-2-3-9-14(18-10-4-11-19-14)12-5-7-13(8-6-12)15(16)17/h5-8H,2-4,9-11H2,1H3. The summed E-state index contributed by atoms with van der Waals surface area (Å²) in [5.41, 5.74) is 0.955. The van der Waals surface area contributed by atoms with Crippen LogP contribution in [0.1, 0.15) is 38.2 Å². The maximum absolute atomic E-state index is 10.7. The molecule has 1 aliphatic heterocycles. The van der Waals surface area contributed by atoms with Crippen molar-refractivity contribution in [3.8, 4) is 0 Å². The van der Waals surface area contributed by atoms with Crippen LogP contribution in [-0.2, 0) is 15.3 Å². The van der Waals surface area contributed by atoms with Crippen LogP contribution in [0.4, 0.5) is 5.69 Å². The highest BCUT2D eigenvalue weighted by Crippen LogP contribution is 2.36. The number of nitro groups is 1. The molecule has 1 aliphatic rings. The second-order valence-corrected chi connectivity index (χ2v) is 4.71. The Hall–Kier alpha value is -1.46. The van der Waals surface area contributed by atoms with E-state index >= 15 is 0 Å². The zero-order valence-corrected chi connectivity index (χ0v) is 11.1. The number of hydrogen-bond donors (Lipinski definition) is 0. The summed E-state index contributed by atoms with van der Waals surface area (Å²) < 4.78 is 11.7. The Bertz CT molecular complexity index is 424. The molecule has 0 N–H and O–H groups in total. The predicted octanol–water partition coefficient (Wildman–Crippen LogP) is 3.37. The maximum atomic E-state index is 10.7. The first kappa shape index (κ1) is 14.0. The van der Waals surface area contributed by atoms with Crippen molar-refractivity contribution < 1.29 is 14.4 Å². The zero-order valence-electron chi connectivity index (χ0n) is 11.1. The molecule has 0 atom stereocenters. The van der Waals surface area contributed by atoms with Crippen LogP contribution in [0.25, 0.3) is 0 Å². The van der Waals surface area contributed by atoms with Gasteiger partial charge >= 0.3 is 0 Å². The van der Waals surface area contributed by atoms with Gasteiger partial charge in [-0.1, -0.05) is 13.3 Å². The number of rotatable bonds is 5. The molecule has 0 unspecified atom stereocenters. The molecule has 0 radical (unpaired) electrons. The molecule has 5 nitrogen and oxygen atoms in total. The fourth-order valence-corrected chi connectivity index (χ4v) is 2.28. The fraction of sp³-hybridized carbons (Fsp3) is 0.571. The van der Waals surface area contributed by atoms with Gasteiger partial charge in [0.15, 0.2) is 5.79 Å². The van der Waals surface area contributed by atoms with E-state index in [0.717, 1.165) is 31.2 Å². The first-order valence-corrected chi connectivity index (χ1v) is 6.71. The van der Waals surface area contributed by atoms with Gasteiger partial charge in [0.05, 0.1) is 18.1 Å². The molecular formula is C14H19NO4. The van der Waals surface area contributed by atoms with Gasteiger partial charge in [-0.25, -0.2) is 0 Å². The van der Waals surface area contributed by atoms with Crippen molar-refractivity contribution in [2.24, 2.45) is 0 Å². The van der Waals surface area contributed by atoms with E-state index in [1.165, 1.54) is 12.1 Å². The molecule has 0 amide bonds. The summed E-state index contributed by atoms with van der Waals surface area (Å²) in [6.07, 6.45) is 3.72. The molecular weight excluding hydrogens is 246 g/mol. The molecule has 0 bridgehead atoms. The second-order valence-electron chi connectivity index (χ2n) is 4.71. The lowest BCUT2D eigenvalue weighted by molar-refractivity contribution is -0.384. The Morgan fingerprint density at radius 2 is 1.89 bits per heavy atom. The highest BCUT2D eigenvalue weighted by molar-refractivity contribution is 5.34. The number of ether oxygens (including phenoxy) is 2. The third kappa shape index (κ3) is 3.11. The van der Waals surface area contributed by atoms with Crippen molar-refractivity contribution >= 4 is 5.69 Å². The summed E-state index contributed by atoms with van der Waals surface area (Å²) in [4.78, 5) is 10.3. The van der Waals surface area contributed by atoms with E-state index in [9.17, 15) is 10.1 Å². The largest absolute Gasteiger partial charge is 0.346 e. The number of unbranched alkanes of at least 4 members (excludes halogenated alkanes) is 1. The Morgan fingerprint density at radius 3 is 2.42 bits per heavy atom. The Balaban J connectivity index is 2.24. The molecule has 0 spiro atoms. The van der Waals surface area contributed by atoms with Crippen LogP contribution in [0.3, 0.4) is 0 Å². The minimum absolute atomic E-state index is 0.0881. The van der Waals surface area contributed by atoms with Gasteiger partial charge in [0.2, 0.25) is 0 Å². The molecule has 1 aromatic rings. The molecule has 1 saturated heterocycles. The van der Waals surface area contributed by atoms with Gasteiger partial charge < -0.3 is 9.47 Å². The van der Waals surface area contributed by atoms with E-state index in [1.54, 1.807) is 12.1 Å². The Labute approximate surface area is 112 Å². The third-order valence-corrected chi connectivity index (χ3v) is 3.34. The van der Waals surface area contributed by atoms with Gasteiger partial charge in [-0.2, -0.15) is 0 Å². The van der Waals surface area contributed by atoms with Crippen molar-refractivity contribution in [3.05, 3.63) is 39.9 Å². The zero-order chi connectivity index (χ0) is 13.7. The van der Waals surface area contributed by atoms with E-state index in [1.807, 2.05) is 0 Å². The number of nitro benzene ring substituents is 1. The van der Waals surface area contributed by atoms with E-state index in [2.05, 4.69) is 6.92 Å². The predicted molar refractivity (Wildman–Crippen MR) is 70.8 cm³/mol. The van der Waals surface area contributed by atoms with Crippen molar-refractivity contribution in [1.29, 1.82) is 0 Å². The van der Waals surface area contributed by atoms with Crippen LogP contribution in [-0.4, -0.2) is 18.1 Å². The summed E-state index contributed by atoms with van der Waals surface area (Å²) in [6.45, 7) is 3.45. The molecule has 0 aromatic heterocycles. The van der Waals surface area contributed by atoms with Gasteiger partial charge in [-0.05, 0) is 25.0 Å². The lowest BCUT2D eigenvalue weighted by Crippen LogP contribution is -2.38. The van der Waals surface area contributed by atoms with Crippen LogP contribution in [0.2, 0.25) is 0 Å². The monoisotopic (exact) mass is 265 g/mol. The average Bonchev–Trinajstić information content (AvgIpc) is 2.46. The van der Waals surface area contributed by atoms with Crippen LogP contribution in [0, 0.1) is 10.1 Å². The van der Waals surface area contributed by atoms with E-state index in [0.29, 0.717) is 13.2 Å². The fourth-order valence-electron chi connectivity index (χ4n) is 2.28. The van der Waals surface area contributed by atoms with Gasteiger partial charge in [-0.15, -0.1) is 0 Å². The number of hydrogen-bond acceptors (Lipinski definition) is 4. The van der Waals surface area contributed by atoms with Crippen molar-refractivity contribution in [1.82, 2.24) is 0 Å². The molecule has 2 rings (SSSR count). The lowest BCUT2D eigenvalue weighted by Gasteiger charge is -2.37. The molecule has 19 heavy (non-hydrogen) atoms. The maximum Gasteiger partial charge on any atom is 0.269 e. The Kier molecular flexibility index (Phi) is 4.50. The van der Waals surface area contributed by atoms with Gasteiger partial charge in [0, 0.05) is 24.1 Å². The topological polar surface area (TPSA) is 61.6 Å². The van der Waals surface area contributed by atoms with E-state index < -0.39 is 10.7 Å². The quantitative estimate of drug-likeness (QED) is 0.605. The Morgan fingerprint density at radius 1 is 1.26 bits per heavy atom. The van der Waals surface area contributed by atoms with E-state index in [4.69, 9.17) is 9.47 Å². The summed E-state index contributed by atoms with van der Waals surface area (Å²) in [7, 11) is 0. The van der Waals surface area contributed by atoms with Crippen molar-refractivity contribution in [2.75, 3.05) is 13.2 Å². The van der Waals surface area contributed by atoms with Gasteiger partial charge in [0.25, 0.3) is 5.69 Å². The average molecular weight is 265 g/mol. The molecule has 5 heteroatoms. The summed E-state index contributed by atoms with van der Waals surface area (Å²) >= 11 is 0. The van der Waals surface area contributed by atoms with Crippen molar-refractivity contribution in [3.63, 3.8) is 0 Å². The summed E-state index contributed by atoms with van der Waals surface area (Å²) in [6, 6.07) is 6.48. The third-order valence-electron chi connectivity index (χ3n) is 3.34. The first-order chi connectivity index (χ1) is 9.18. The van der Waals surface area contributed by atoms with Crippen LogP contribution < -0.4 is 0 Å². The molecule has 1 heterocycles. The van der Waals surface area contributed by atoms with Crippen LogP contribution in [0.15, 0.2) is 24.3 Å². The smallest absolute Gasteiger partial charge is 0.269 e. The minimum Gasteiger partial charge on any atom is -0.346 e. The minimum atomic E-state index is -0.719. The highest BCUT2D eigenvalue weighted by atomic mass is 16.7. The van der Waals surface area contributed by atoms with Gasteiger partial charge in [-0.3, -0.25) is 10.1 Å². The first-order valence-electron chi connectivity index (χ1n) is 6.71. The normalized spacial score (nSPS) is 18.2. The molecule has 1 fully saturated rings. The van der Waals surface area contributed by atoms with E-state index in [-0.39, 0.29) is 5.69 Å². The number of benzene rings is 1. The molecule has 104 valence electrons. The molecule has 1 aromatic carbocycles. The van der Waals surface area contributed by atoms with Crippen molar-refractivity contribution in [2.45, 2.75) is 38.4 Å². The number of nitrogens with zero attached hydrogens (tertiary/aromatic N) is 1.